The normalized spacial score (nSPS) is 10.4. The van der Waals surface area contributed by atoms with Crippen LogP contribution in [0.3, 0.4) is 0 Å². The fourth-order valence-electron chi connectivity index (χ4n) is 1.13. The van der Waals surface area contributed by atoms with Gasteiger partial charge in [0.15, 0.2) is 5.82 Å². The zero-order chi connectivity index (χ0) is 8.55. The van der Waals surface area contributed by atoms with E-state index in [1.54, 1.807) is 6.20 Å². The molecule has 0 aromatic carbocycles. The number of anilines is 1. The molecule has 0 unspecified atom stereocenters. The van der Waals surface area contributed by atoms with Crippen LogP contribution in [0.1, 0.15) is 5.69 Å². The van der Waals surface area contributed by atoms with E-state index in [0.29, 0.717) is 5.82 Å². The van der Waals surface area contributed by atoms with Crippen molar-refractivity contribution >= 4 is 16.7 Å². The third-order valence-electron chi connectivity index (χ3n) is 1.73. The Balaban J connectivity index is 2.95. The molecule has 0 atom stereocenters. The van der Waals surface area contributed by atoms with Gasteiger partial charge >= 0.3 is 0 Å². The smallest absolute Gasteiger partial charge is 0.155 e. The van der Waals surface area contributed by atoms with Gasteiger partial charge in [0.1, 0.15) is 0 Å². The maximum Gasteiger partial charge on any atom is 0.155 e. The summed E-state index contributed by atoms with van der Waals surface area (Å²) in [6.07, 6.45) is 1.72. The minimum absolute atomic E-state index is 0.434. The molecule has 4 nitrogen and oxygen atoms in total. The first-order valence-electron chi connectivity index (χ1n) is 3.62. The first kappa shape index (κ1) is 6.97. The van der Waals surface area contributed by atoms with Crippen molar-refractivity contribution in [3.8, 4) is 0 Å². The van der Waals surface area contributed by atoms with Crippen LogP contribution < -0.4 is 5.73 Å². The van der Waals surface area contributed by atoms with Gasteiger partial charge in [-0.2, -0.15) is 5.10 Å². The first-order chi connectivity index (χ1) is 5.79. The molecule has 2 aromatic rings. The molecular weight excluding hydrogens is 152 g/mol. The van der Waals surface area contributed by atoms with Crippen molar-refractivity contribution < 1.29 is 0 Å². The van der Waals surface area contributed by atoms with Gasteiger partial charge in [-0.3, -0.25) is 4.98 Å². The number of pyridine rings is 1. The van der Waals surface area contributed by atoms with Gasteiger partial charge < -0.3 is 5.73 Å². The van der Waals surface area contributed by atoms with Crippen LogP contribution in [0.2, 0.25) is 0 Å². The molecule has 0 aliphatic carbocycles. The molecule has 0 saturated heterocycles. The van der Waals surface area contributed by atoms with Gasteiger partial charge in [-0.25, -0.2) is 0 Å². The van der Waals surface area contributed by atoms with Gasteiger partial charge in [-0.15, -0.1) is 5.10 Å². The van der Waals surface area contributed by atoms with Crippen molar-refractivity contribution in [2.75, 3.05) is 5.73 Å². The highest BCUT2D eigenvalue weighted by molar-refractivity contribution is 5.88. The molecule has 0 amide bonds. The molecule has 0 spiro atoms. The first-order valence-corrected chi connectivity index (χ1v) is 3.62. The Morgan fingerprint density at radius 2 is 2.17 bits per heavy atom. The average molecular weight is 160 g/mol. The quantitative estimate of drug-likeness (QED) is 0.622. The van der Waals surface area contributed by atoms with Crippen LogP contribution in [0, 0.1) is 6.92 Å². The summed E-state index contributed by atoms with van der Waals surface area (Å²) >= 11 is 0. The lowest BCUT2D eigenvalue weighted by Gasteiger charge is -2.00. The van der Waals surface area contributed by atoms with E-state index in [4.69, 9.17) is 5.73 Å². The molecule has 2 aromatic heterocycles. The van der Waals surface area contributed by atoms with Crippen LogP contribution in [0.5, 0.6) is 0 Å². The molecule has 0 saturated carbocycles. The van der Waals surface area contributed by atoms with Gasteiger partial charge in [-0.05, 0) is 19.1 Å². The fourth-order valence-corrected chi connectivity index (χ4v) is 1.13. The summed E-state index contributed by atoms with van der Waals surface area (Å²) in [6.45, 7) is 1.86. The third kappa shape index (κ3) is 0.887. The van der Waals surface area contributed by atoms with Crippen LogP contribution in [-0.4, -0.2) is 15.2 Å². The number of hydrogen-bond acceptors (Lipinski definition) is 4. The van der Waals surface area contributed by atoms with E-state index in [9.17, 15) is 0 Å². The SMILES string of the molecule is Cc1nnc(N)c2cccnc12. The molecule has 0 aliphatic heterocycles. The zero-order valence-electron chi connectivity index (χ0n) is 6.65. The lowest BCUT2D eigenvalue weighted by molar-refractivity contribution is 1.00. The van der Waals surface area contributed by atoms with E-state index in [2.05, 4.69) is 15.2 Å². The second kappa shape index (κ2) is 2.41. The van der Waals surface area contributed by atoms with Crippen molar-refractivity contribution in [3.05, 3.63) is 24.0 Å². The Morgan fingerprint density at radius 1 is 1.33 bits per heavy atom. The van der Waals surface area contributed by atoms with Crippen molar-refractivity contribution in [3.63, 3.8) is 0 Å². The molecule has 2 rings (SSSR count). The maximum atomic E-state index is 5.61. The van der Waals surface area contributed by atoms with Gasteiger partial charge in [0.05, 0.1) is 11.2 Å². The molecule has 0 bridgehead atoms. The van der Waals surface area contributed by atoms with Crippen LogP contribution in [0.15, 0.2) is 18.3 Å². The molecule has 2 N–H and O–H groups in total. The summed E-state index contributed by atoms with van der Waals surface area (Å²) in [6, 6.07) is 3.72. The molecule has 2 heterocycles. The van der Waals surface area contributed by atoms with Gasteiger partial charge in [-0.1, -0.05) is 0 Å². The number of aryl methyl sites for hydroxylation is 1. The molecular formula is C8H8N4. The largest absolute Gasteiger partial charge is 0.382 e. The van der Waals surface area contributed by atoms with Gasteiger partial charge in [0.2, 0.25) is 0 Å². The number of nitrogens with zero attached hydrogens (tertiary/aromatic N) is 3. The van der Waals surface area contributed by atoms with E-state index in [1.807, 2.05) is 19.1 Å². The van der Waals surface area contributed by atoms with Crippen LogP contribution >= 0.6 is 0 Å². The molecule has 60 valence electrons. The minimum atomic E-state index is 0.434. The summed E-state index contributed by atoms with van der Waals surface area (Å²) in [7, 11) is 0. The average Bonchev–Trinajstić information content (AvgIpc) is 2.12. The number of hydrogen-bond donors (Lipinski definition) is 1. The molecule has 0 radical (unpaired) electrons. The lowest BCUT2D eigenvalue weighted by atomic mass is 10.2. The number of fused-ring (bicyclic) bond motifs is 1. The van der Waals surface area contributed by atoms with E-state index >= 15 is 0 Å². The van der Waals surface area contributed by atoms with Gasteiger partial charge in [0, 0.05) is 11.6 Å². The van der Waals surface area contributed by atoms with Crippen molar-refractivity contribution in [1.29, 1.82) is 0 Å². The fraction of sp³-hybridized carbons (Fsp3) is 0.125. The summed E-state index contributed by atoms with van der Waals surface area (Å²) in [5, 5.41) is 8.53. The van der Waals surface area contributed by atoms with E-state index in [1.165, 1.54) is 0 Å². The Morgan fingerprint density at radius 3 is 2.92 bits per heavy atom. The number of rotatable bonds is 0. The van der Waals surface area contributed by atoms with Crippen molar-refractivity contribution in [2.24, 2.45) is 0 Å². The summed E-state index contributed by atoms with van der Waals surface area (Å²) in [5.41, 5.74) is 7.24. The number of aromatic nitrogens is 3. The molecule has 0 aliphatic rings. The monoisotopic (exact) mass is 160 g/mol. The second-order valence-corrected chi connectivity index (χ2v) is 2.57. The van der Waals surface area contributed by atoms with Gasteiger partial charge in [0.25, 0.3) is 0 Å². The summed E-state index contributed by atoms with van der Waals surface area (Å²) in [4.78, 5) is 4.16. The standard InChI is InChI=1S/C8H8N4/c1-5-7-6(3-2-4-10-7)8(9)12-11-5/h2-4H,1H3,(H2,9,12). The number of nitrogen functional groups attached to an aromatic ring is 1. The maximum absolute atomic E-state index is 5.61. The van der Waals surface area contributed by atoms with Crippen molar-refractivity contribution in [1.82, 2.24) is 15.2 Å². The highest BCUT2D eigenvalue weighted by atomic mass is 15.1. The van der Waals surface area contributed by atoms with Crippen molar-refractivity contribution in [2.45, 2.75) is 6.92 Å². The lowest BCUT2D eigenvalue weighted by Crippen LogP contribution is -1.97. The Kier molecular flexibility index (Phi) is 1.40. The molecule has 0 fully saturated rings. The Bertz CT molecular complexity index is 384. The van der Waals surface area contributed by atoms with E-state index < -0.39 is 0 Å². The van der Waals surface area contributed by atoms with Crippen LogP contribution in [0.4, 0.5) is 5.82 Å². The second-order valence-electron chi connectivity index (χ2n) is 2.57. The third-order valence-corrected chi connectivity index (χ3v) is 1.73. The number of nitrogens with two attached hydrogens (primary N) is 1. The minimum Gasteiger partial charge on any atom is -0.382 e. The summed E-state index contributed by atoms with van der Waals surface area (Å²) in [5.74, 6) is 0.434. The topological polar surface area (TPSA) is 64.7 Å². The van der Waals surface area contributed by atoms with E-state index in [0.717, 1.165) is 16.6 Å². The predicted molar refractivity (Wildman–Crippen MR) is 46.5 cm³/mol. The molecule has 12 heavy (non-hydrogen) atoms. The summed E-state index contributed by atoms with van der Waals surface area (Å²) < 4.78 is 0. The van der Waals surface area contributed by atoms with E-state index in [-0.39, 0.29) is 0 Å². The Hall–Kier alpha value is -1.71. The zero-order valence-corrected chi connectivity index (χ0v) is 6.65. The van der Waals surface area contributed by atoms with Crippen LogP contribution in [0.25, 0.3) is 10.9 Å². The predicted octanol–water partition coefficient (Wildman–Crippen LogP) is 0.915. The highest BCUT2D eigenvalue weighted by Gasteiger charge is 2.02. The molecule has 4 heteroatoms. The highest BCUT2D eigenvalue weighted by Crippen LogP contribution is 2.16. The van der Waals surface area contributed by atoms with Crippen LogP contribution in [-0.2, 0) is 0 Å². The Labute approximate surface area is 69.4 Å².